The number of ether oxygens (including phenoxy) is 2. The molecule has 2 aromatic carbocycles. The van der Waals surface area contributed by atoms with Gasteiger partial charge in [0.1, 0.15) is 17.6 Å². The largest absolute Gasteiger partial charge is 0.496 e. The topological polar surface area (TPSA) is 78.3 Å². The van der Waals surface area contributed by atoms with Crippen molar-refractivity contribution in [3.05, 3.63) is 71.2 Å². The SMILES string of the molecule is CCOC(=O)C1=C(C)Nc2nc(-c3ccccc3OC)nn2C1c1ccccc1F. The molecule has 0 fully saturated rings. The minimum atomic E-state index is -0.822. The summed E-state index contributed by atoms with van der Waals surface area (Å²) in [5.74, 6) is 0.428. The molecule has 0 spiro atoms. The molecule has 4 rings (SSSR count). The van der Waals surface area contributed by atoms with Gasteiger partial charge in [0.15, 0.2) is 5.82 Å². The van der Waals surface area contributed by atoms with E-state index in [9.17, 15) is 9.18 Å². The van der Waals surface area contributed by atoms with E-state index < -0.39 is 17.8 Å². The molecule has 3 aromatic rings. The Balaban J connectivity index is 1.90. The summed E-state index contributed by atoms with van der Waals surface area (Å²) in [6.45, 7) is 3.67. The van der Waals surface area contributed by atoms with Crippen LogP contribution in [0.1, 0.15) is 25.5 Å². The zero-order valence-corrected chi connectivity index (χ0v) is 16.8. The maximum Gasteiger partial charge on any atom is 0.338 e. The van der Waals surface area contributed by atoms with Gasteiger partial charge in [-0.1, -0.05) is 30.3 Å². The second kappa shape index (κ2) is 7.98. The van der Waals surface area contributed by atoms with Gasteiger partial charge in [0.2, 0.25) is 5.95 Å². The summed E-state index contributed by atoms with van der Waals surface area (Å²) >= 11 is 0. The van der Waals surface area contributed by atoms with Gasteiger partial charge >= 0.3 is 5.97 Å². The lowest BCUT2D eigenvalue weighted by atomic mass is 9.95. The molecule has 2 heterocycles. The van der Waals surface area contributed by atoms with Gasteiger partial charge in [0.05, 0.1) is 24.9 Å². The Labute approximate surface area is 173 Å². The molecule has 1 N–H and O–H groups in total. The van der Waals surface area contributed by atoms with Crippen molar-refractivity contribution in [3.8, 4) is 17.1 Å². The van der Waals surface area contributed by atoms with Crippen molar-refractivity contribution in [1.82, 2.24) is 14.8 Å². The number of aromatic nitrogens is 3. The first-order chi connectivity index (χ1) is 14.5. The average Bonchev–Trinajstić information content (AvgIpc) is 3.16. The Morgan fingerprint density at radius 2 is 1.93 bits per heavy atom. The number of fused-ring (bicyclic) bond motifs is 1. The number of esters is 1. The molecule has 30 heavy (non-hydrogen) atoms. The lowest BCUT2D eigenvalue weighted by Crippen LogP contribution is -2.30. The zero-order valence-electron chi connectivity index (χ0n) is 16.8. The predicted molar refractivity (Wildman–Crippen MR) is 110 cm³/mol. The van der Waals surface area contributed by atoms with Gasteiger partial charge in [0.25, 0.3) is 0 Å². The Hall–Kier alpha value is -3.68. The van der Waals surface area contributed by atoms with Crippen LogP contribution in [0.25, 0.3) is 11.4 Å². The zero-order chi connectivity index (χ0) is 21.3. The second-order valence-corrected chi connectivity index (χ2v) is 6.71. The molecule has 0 amide bonds. The van der Waals surface area contributed by atoms with Gasteiger partial charge in [0, 0.05) is 11.3 Å². The highest BCUT2D eigenvalue weighted by Crippen LogP contribution is 2.38. The van der Waals surface area contributed by atoms with E-state index in [-0.39, 0.29) is 12.2 Å². The minimum Gasteiger partial charge on any atom is -0.496 e. The molecule has 154 valence electrons. The molecule has 1 aliphatic rings. The van der Waals surface area contributed by atoms with E-state index in [1.165, 1.54) is 10.7 Å². The van der Waals surface area contributed by atoms with Gasteiger partial charge in [-0.25, -0.2) is 13.9 Å². The van der Waals surface area contributed by atoms with Crippen molar-refractivity contribution in [1.29, 1.82) is 0 Å². The number of halogens is 1. The van der Waals surface area contributed by atoms with E-state index in [2.05, 4.69) is 15.4 Å². The number of benzene rings is 2. The molecular weight excluding hydrogens is 387 g/mol. The minimum absolute atomic E-state index is 0.205. The summed E-state index contributed by atoms with van der Waals surface area (Å²) in [6.07, 6.45) is 0. The Kier molecular flexibility index (Phi) is 5.22. The van der Waals surface area contributed by atoms with E-state index in [4.69, 9.17) is 9.47 Å². The summed E-state index contributed by atoms with van der Waals surface area (Å²) in [5, 5.41) is 7.71. The Bertz CT molecular complexity index is 1140. The van der Waals surface area contributed by atoms with Crippen LogP contribution in [-0.4, -0.2) is 34.5 Å². The van der Waals surface area contributed by atoms with Gasteiger partial charge < -0.3 is 14.8 Å². The third-order valence-corrected chi connectivity index (χ3v) is 4.90. The molecule has 0 saturated carbocycles. The van der Waals surface area contributed by atoms with Crippen LogP contribution in [0.3, 0.4) is 0 Å². The standard InChI is InChI=1S/C22H21FN4O3/c1-4-30-21(28)18-13(2)24-22-25-20(15-10-6-8-12-17(15)29-3)26-27(22)19(18)14-9-5-7-11-16(14)23/h5-12,19H,4H2,1-3H3,(H,24,25,26). The first kappa shape index (κ1) is 19.6. The van der Waals surface area contributed by atoms with Crippen LogP contribution in [0.4, 0.5) is 10.3 Å². The van der Waals surface area contributed by atoms with Crippen LogP contribution in [0, 0.1) is 5.82 Å². The molecule has 0 aliphatic carbocycles. The lowest BCUT2D eigenvalue weighted by Gasteiger charge is -2.28. The molecule has 1 atom stereocenters. The fraction of sp³-hybridized carbons (Fsp3) is 0.227. The molecular formula is C22H21FN4O3. The number of allylic oxidation sites excluding steroid dienone is 1. The number of nitrogens with one attached hydrogen (secondary N) is 1. The maximum absolute atomic E-state index is 14.8. The number of hydrogen-bond acceptors (Lipinski definition) is 6. The molecule has 0 radical (unpaired) electrons. The van der Waals surface area contributed by atoms with Crippen molar-refractivity contribution in [3.63, 3.8) is 0 Å². The summed E-state index contributed by atoms with van der Waals surface area (Å²) in [6, 6.07) is 12.8. The van der Waals surface area contributed by atoms with Crippen molar-refractivity contribution in [2.24, 2.45) is 0 Å². The van der Waals surface area contributed by atoms with Crippen molar-refractivity contribution in [2.75, 3.05) is 19.0 Å². The van der Waals surface area contributed by atoms with E-state index in [0.29, 0.717) is 34.3 Å². The molecule has 7 nitrogen and oxygen atoms in total. The number of methoxy groups -OCH3 is 1. The number of carbonyl (C=O) groups is 1. The molecule has 0 bridgehead atoms. The van der Waals surface area contributed by atoms with Gasteiger partial charge in [-0.3, -0.25) is 0 Å². The normalized spacial score (nSPS) is 15.4. The van der Waals surface area contributed by atoms with E-state index >= 15 is 0 Å². The highest BCUT2D eigenvalue weighted by Gasteiger charge is 2.36. The van der Waals surface area contributed by atoms with Crippen LogP contribution < -0.4 is 10.1 Å². The fourth-order valence-corrected chi connectivity index (χ4v) is 3.55. The third-order valence-electron chi connectivity index (χ3n) is 4.90. The molecule has 1 aromatic heterocycles. The fourth-order valence-electron chi connectivity index (χ4n) is 3.55. The van der Waals surface area contributed by atoms with Crippen LogP contribution in [0.5, 0.6) is 5.75 Å². The van der Waals surface area contributed by atoms with Crippen LogP contribution in [0.15, 0.2) is 59.8 Å². The van der Waals surface area contributed by atoms with E-state index in [1.807, 2.05) is 24.3 Å². The van der Waals surface area contributed by atoms with E-state index in [0.717, 1.165) is 0 Å². The van der Waals surface area contributed by atoms with Crippen LogP contribution >= 0.6 is 0 Å². The summed E-state index contributed by atoms with van der Waals surface area (Å²) < 4.78 is 27.0. The summed E-state index contributed by atoms with van der Waals surface area (Å²) in [5.41, 5.74) is 1.81. The van der Waals surface area contributed by atoms with Gasteiger partial charge in [-0.2, -0.15) is 4.98 Å². The highest BCUT2D eigenvalue weighted by atomic mass is 19.1. The third kappa shape index (κ3) is 3.30. The van der Waals surface area contributed by atoms with Gasteiger partial charge in [-0.15, -0.1) is 5.10 Å². The summed E-state index contributed by atoms with van der Waals surface area (Å²) in [4.78, 5) is 17.3. The van der Waals surface area contributed by atoms with E-state index in [1.54, 1.807) is 39.2 Å². The number of anilines is 1. The Morgan fingerprint density at radius 3 is 2.67 bits per heavy atom. The lowest BCUT2D eigenvalue weighted by molar-refractivity contribution is -0.139. The first-order valence-electron chi connectivity index (χ1n) is 9.54. The maximum atomic E-state index is 14.8. The highest BCUT2D eigenvalue weighted by molar-refractivity contribution is 5.92. The molecule has 8 heteroatoms. The van der Waals surface area contributed by atoms with Crippen LogP contribution in [-0.2, 0) is 9.53 Å². The molecule has 0 saturated heterocycles. The smallest absolute Gasteiger partial charge is 0.338 e. The monoisotopic (exact) mass is 408 g/mol. The molecule has 1 aliphatic heterocycles. The quantitative estimate of drug-likeness (QED) is 0.644. The number of nitrogens with zero attached hydrogens (tertiary/aromatic N) is 3. The van der Waals surface area contributed by atoms with Gasteiger partial charge in [-0.05, 0) is 32.0 Å². The Morgan fingerprint density at radius 1 is 1.20 bits per heavy atom. The summed E-state index contributed by atoms with van der Waals surface area (Å²) in [7, 11) is 1.57. The second-order valence-electron chi connectivity index (χ2n) is 6.71. The number of hydrogen-bond donors (Lipinski definition) is 1. The number of carbonyl (C=O) groups excluding carboxylic acids is 1. The van der Waals surface area contributed by atoms with Crippen molar-refractivity contribution >= 4 is 11.9 Å². The first-order valence-corrected chi connectivity index (χ1v) is 9.54. The predicted octanol–water partition coefficient (Wildman–Crippen LogP) is 3.94. The van der Waals surface area contributed by atoms with Crippen molar-refractivity contribution in [2.45, 2.75) is 19.9 Å². The van der Waals surface area contributed by atoms with Crippen LogP contribution in [0.2, 0.25) is 0 Å². The number of rotatable bonds is 5. The van der Waals surface area contributed by atoms with Crippen molar-refractivity contribution < 1.29 is 18.7 Å². The average molecular weight is 408 g/mol. The number of para-hydroxylation sites is 1. The molecule has 1 unspecified atom stereocenters.